The zero-order valence-electron chi connectivity index (χ0n) is 13.3. The average Bonchev–Trinajstić information content (AvgIpc) is 2.73. The number of carbonyl (C=O) groups is 1. The van der Waals surface area contributed by atoms with Crippen molar-refractivity contribution >= 4 is 5.97 Å². The molecular weight excluding hydrogens is 271 g/mol. The molecule has 0 saturated heterocycles. The van der Waals surface area contributed by atoms with E-state index >= 15 is 0 Å². The van der Waals surface area contributed by atoms with Crippen LogP contribution in [-0.4, -0.2) is 30.0 Å². The van der Waals surface area contributed by atoms with Gasteiger partial charge in [0.05, 0.1) is 12.7 Å². The Balaban J connectivity index is 2.18. The second-order valence-electron chi connectivity index (χ2n) is 5.87. The maximum atomic E-state index is 13.7. The largest absolute Gasteiger partial charge is 0.466 e. The van der Waals surface area contributed by atoms with Crippen LogP contribution in [0.1, 0.15) is 58.8 Å². The first-order valence-electron chi connectivity index (χ1n) is 8.22. The zero-order valence-corrected chi connectivity index (χ0v) is 13.3. The second-order valence-corrected chi connectivity index (χ2v) is 5.87. The molecule has 0 aliphatic heterocycles. The lowest BCUT2D eigenvalue weighted by molar-refractivity contribution is -0.143. The topological polar surface area (TPSA) is 46.5 Å². The van der Waals surface area contributed by atoms with Crippen molar-refractivity contribution in [3.63, 3.8) is 0 Å². The van der Waals surface area contributed by atoms with Crippen LogP contribution in [0, 0.1) is 11.8 Å². The van der Waals surface area contributed by atoms with E-state index in [9.17, 15) is 14.3 Å². The van der Waals surface area contributed by atoms with Crippen molar-refractivity contribution in [3.8, 4) is 0 Å². The van der Waals surface area contributed by atoms with Gasteiger partial charge in [-0.2, -0.15) is 0 Å². The number of allylic oxidation sites excluding steroid dienone is 2. The first kappa shape index (κ1) is 18.1. The molecule has 1 aliphatic rings. The van der Waals surface area contributed by atoms with Gasteiger partial charge in [-0.1, -0.05) is 32.4 Å². The summed E-state index contributed by atoms with van der Waals surface area (Å²) >= 11 is 0. The van der Waals surface area contributed by atoms with E-state index in [2.05, 4.69) is 0 Å². The van der Waals surface area contributed by atoms with Crippen LogP contribution < -0.4 is 0 Å². The Bertz CT molecular complexity index is 330. The first-order valence-corrected chi connectivity index (χ1v) is 8.22. The number of aliphatic hydroxyl groups is 1. The number of esters is 1. The zero-order chi connectivity index (χ0) is 15.7. The fourth-order valence-corrected chi connectivity index (χ4v) is 3.05. The second kappa shape index (κ2) is 9.93. The highest BCUT2D eigenvalue weighted by Gasteiger charge is 2.40. The van der Waals surface area contributed by atoms with Crippen molar-refractivity contribution in [3.05, 3.63) is 12.2 Å². The van der Waals surface area contributed by atoms with Crippen molar-refractivity contribution in [1.82, 2.24) is 0 Å². The molecule has 1 N–H and O–H groups in total. The first-order chi connectivity index (χ1) is 10.1. The van der Waals surface area contributed by atoms with Gasteiger partial charge in [-0.25, -0.2) is 4.39 Å². The maximum Gasteiger partial charge on any atom is 0.305 e. The van der Waals surface area contributed by atoms with Gasteiger partial charge in [0.1, 0.15) is 6.17 Å². The van der Waals surface area contributed by atoms with Gasteiger partial charge in [0.2, 0.25) is 0 Å². The molecule has 21 heavy (non-hydrogen) atoms. The number of rotatable bonds is 9. The number of carbonyl (C=O) groups excluding carboxylic acids is 1. The third-order valence-corrected chi connectivity index (χ3v) is 4.24. The van der Waals surface area contributed by atoms with Gasteiger partial charge in [0.15, 0.2) is 0 Å². The highest BCUT2D eigenvalue weighted by molar-refractivity contribution is 5.69. The van der Waals surface area contributed by atoms with Crippen LogP contribution in [0.4, 0.5) is 4.39 Å². The lowest BCUT2D eigenvalue weighted by Crippen LogP contribution is -2.19. The summed E-state index contributed by atoms with van der Waals surface area (Å²) < 4.78 is 18.7. The molecule has 1 aliphatic carbocycles. The lowest BCUT2D eigenvalue weighted by atomic mass is 9.89. The predicted molar refractivity (Wildman–Crippen MR) is 81.6 cm³/mol. The van der Waals surface area contributed by atoms with E-state index in [1.165, 1.54) is 0 Å². The van der Waals surface area contributed by atoms with Crippen molar-refractivity contribution in [1.29, 1.82) is 0 Å². The molecule has 1 fully saturated rings. The van der Waals surface area contributed by atoms with Crippen LogP contribution in [0.5, 0.6) is 0 Å². The van der Waals surface area contributed by atoms with E-state index in [1.807, 2.05) is 26.0 Å². The summed E-state index contributed by atoms with van der Waals surface area (Å²) in [6, 6.07) is 0. The summed E-state index contributed by atoms with van der Waals surface area (Å²) in [6.07, 6.45) is 7.33. The maximum absolute atomic E-state index is 13.7. The standard InChI is InChI=1S/C17H29FO3/c1-3-11-21-17(20)10-8-6-5-7-9-14-13(4-2)15(18)12-16(14)19/h5,7,13-16,19H,3-4,6,8-12H2,1-2H3/b7-5-/t13-,14-,15+,16+/m1/s1. The Morgan fingerprint density at radius 1 is 1.33 bits per heavy atom. The normalized spacial score (nSPS) is 29.1. The SMILES string of the molecule is CCCOC(=O)CCC/C=C\C[C@@H]1[C@@H](CC)[C@@H](F)C[C@@H]1O. The van der Waals surface area contributed by atoms with E-state index < -0.39 is 12.3 Å². The summed E-state index contributed by atoms with van der Waals surface area (Å²) in [6.45, 7) is 4.45. The van der Waals surface area contributed by atoms with Gasteiger partial charge >= 0.3 is 5.97 Å². The van der Waals surface area contributed by atoms with Crippen LogP contribution in [0.25, 0.3) is 0 Å². The predicted octanol–water partition coefficient (Wildman–Crippen LogP) is 3.80. The fraction of sp³-hybridized carbons (Fsp3) is 0.824. The highest BCUT2D eigenvalue weighted by Crippen LogP contribution is 2.38. The summed E-state index contributed by atoms with van der Waals surface area (Å²) in [4.78, 5) is 11.3. The van der Waals surface area contributed by atoms with Crippen molar-refractivity contribution in [2.24, 2.45) is 11.8 Å². The van der Waals surface area contributed by atoms with Crippen molar-refractivity contribution in [2.75, 3.05) is 6.61 Å². The number of aliphatic hydroxyl groups excluding tert-OH is 1. The summed E-state index contributed by atoms with van der Waals surface area (Å²) in [5.41, 5.74) is 0. The van der Waals surface area contributed by atoms with Gasteiger partial charge < -0.3 is 9.84 Å². The number of alkyl halides is 1. The van der Waals surface area contributed by atoms with Crippen molar-refractivity contribution < 1.29 is 19.0 Å². The molecule has 0 heterocycles. The van der Waals surface area contributed by atoms with Crippen LogP contribution >= 0.6 is 0 Å². The Morgan fingerprint density at radius 3 is 2.76 bits per heavy atom. The molecule has 0 radical (unpaired) electrons. The molecule has 0 aromatic rings. The molecule has 0 amide bonds. The average molecular weight is 300 g/mol. The number of hydrogen-bond donors (Lipinski definition) is 1. The number of hydrogen-bond acceptors (Lipinski definition) is 3. The Hall–Kier alpha value is -0.900. The lowest BCUT2D eigenvalue weighted by Gasteiger charge is -2.19. The molecule has 1 saturated carbocycles. The molecule has 3 nitrogen and oxygen atoms in total. The third-order valence-electron chi connectivity index (χ3n) is 4.24. The highest BCUT2D eigenvalue weighted by atomic mass is 19.1. The summed E-state index contributed by atoms with van der Waals surface area (Å²) in [7, 11) is 0. The Labute approximate surface area is 127 Å². The van der Waals surface area contributed by atoms with E-state index in [-0.39, 0.29) is 24.2 Å². The van der Waals surface area contributed by atoms with Gasteiger partial charge in [-0.15, -0.1) is 0 Å². The van der Waals surface area contributed by atoms with E-state index in [0.29, 0.717) is 13.0 Å². The van der Waals surface area contributed by atoms with Crippen LogP contribution in [0.3, 0.4) is 0 Å². The van der Waals surface area contributed by atoms with E-state index in [0.717, 1.165) is 32.1 Å². The third kappa shape index (κ3) is 6.16. The molecule has 1 rings (SSSR count). The minimum Gasteiger partial charge on any atom is -0.466 e. The van der Waals surface area contributed by atoms with Crippen LogP contribution in [0.15, 0.2) is 12.2 Å². The van der Waals surface area contributed by atoms with Crippen molar-refractivity contribution in [2.45, 2.75) is 71.1 Å². The molecule has 0 unspecified atom stereocenters. The molecular formula is C17H29FO3. The number of halogens is 1. The number of ether oxygens (including phenoxy) is 1. The Morgan fingerprint density at radius 2 is 2.10 bits per heavy atom. The molecule has 0 bridgehead atoms. The molecule has 0 aromatic carbocycles. The van der Waals surface area contributed by atoms with E-state index in [1.54, 1.807) is 0 Å². The monoisotopic (exact) mass is 300 g/mol. The molecule has 4 atom stereocenters. The minimum atomic E-state index is -0.864. The number of unbranched alkanes of at least 4 members (excludes halogenated alkanes) is 1. The van der Waals surface area contributed by atoms with E-state index in [4.69, 9.17) is 4.74 Å². The van der Waals surface area contributed by atoms with Gasteiger partial charge in [-0.3, -0.25) is 4.79 Å². The minimum absolute atomic E-state index is 0.0197. The fourth-order valence-electron chi connectivity index (χ4n) is 3.05. The molecule has 0 aromatic heterocycles. The van der Waals surface area contributed by atoms with Crippen LogP contribution in [0.2, 0.25) is 0 Å². The smallest absolute Gasteiger partial charge is 0.305 e. The van der Waals surface area contributed by atoms with Gasteiger partial charge in [-0.05, 0) is 37.5 Å². The van der Waals surface area contributed by atoms with Gasteiger partial charge in [0, 0.05) is 12.8 Å². The summed E-state index contributed by atoms with van der Waals surface area (Å²) in [5.74, 6) is -0.118. The summed E-state index contributed by atoms with van der Waals surface area (Å²) in [5, 5.41) is 9.88. The molecule has 122 valence electrons. The Kier molecular flexibility index (Phi) is 8.58. The quantitative estimate of drug-likeness (QED) is 0.400. The molecule has 0 spiro atoms. The molecule has 4 heteroatoms. The van der Waals surface area contributed by atoms with Gasteiger partial charge in [0.25, 0.3) is 0 Å². The van der Waals surface area contributed by atoms with Crippen LogP contribution in [-0.2, 0) is 9.53 Å².